The molecule has 0 unspecified atom stereocenters. The van der Waals surface area contributed by atoms with Crippen LogP contribution in [-0.2, 0) is 6.54 Å². The fraction of sp³-hybridized carbons (Fsp3) is 0.214. The third-order valence-corrected chi connectivity index (χ3v) is 3.12. The standard InChI is InChI=1S/C14H15N5O4/c1-3-18-8-10(12(17-18)14(21)15-2)16-13(20)9-6-4-5-7-11(9)19(22)23/h4-8H,3H2,1-2H3,(H,15,21)(H,16,20). The maximum Gasteiger partial charge on any atom is 0.282 e. The van der Waals surface area contributed by atoms with Crippen LogP contribution >= 0.6 is 0 Å². The minimum atomic E-state index is -0.682. The van der Waals surface area contributed by atoms with Crippen molar-refractivity contribution in [1.82, 2.24) is 15.1 Å². The number of hydrogen-bond acceptors (Lipinski definition) is 5. The van der Waals surface area contributed by atoms with Crippen molar-refractivity contribution in [2.24, 2.45) is 0 Å². The zero-order valence-corrected chi connectivity index (χ0v) is 12.6. The zero-order valence-electron chi connectivity index (χ0n) is 12.6. The van der Waals surface area contributed by atoms with Gasteiger partial charge in [-0.2, -0.15) is 5.10 Å². The Morgan fingerprint density at radius 1 is 1.30 bits per heavy atom. The monoisotopic (exact) mass is 317 g/mol. The molecule has 0 aliphatic heterocycles. The van der Waals surface area contributed by atoms with E-state index in [4.69, 9.17) is 0 Å². The summed E-state index contributed by atoms with van der Waals surface area (Å²) in [7, 11) is 1.45. The Bertz CT molecular complexity index is 768. The highest BCUT2D eigenvalue weighted by molar-refractivity contribution is 6.10. The lowest BCUT2D eigenvalue weighted by atomic mass is 10.1. The van der Waals surface area contributed by atoms with E-state index >= 15 is 0 Å². The van der Waals surface area contributed by atoms with Crippen LogP contribution in [0.15, 0.2) is 30.5 Å². The van der Waals surface area contributed by atoms with Crippen LogP contribution in [0, 0.1) is 10.1 Å². The fourth-order valence-electron chi connectivity index (χ4n) is 1.98. The Morgan fingerprint density at radius 2 is 2.00 bits per heavy atom. The number of carbonyl (C=O) groups excluding carboxylic acids is 2. The van der Waals surface area contributed by atoms with E-state index in [-0.39, 0.29) is 22.6 Å². The van der Waals surface area contributed by atoms with Gasteiger partial charge in [-0.25, -0.2) is 0 Å². The lowest BCUT2D eigenvalue weighted by Gasteiger charge is -2.05. The van der Waals surface area contributed by atoms with Gasteiger partial charge in [0.25, 0.3) is 17.5 Å². The lowest BCUT2D eigenvalue weighted by molar-refractivity contribution is -0.385. The Morgan fingerprint density at radius 3 is 2.61 bits per heavy atom. The van der Waals surface area contributed by atoms with E-state index in [0.29, 0.717) is 6.54 Å². The Kier molecular flexibility index (Phi) is 4.69. The van der Waals surface area contributed by atoms with Gasteiger partial charge in [0.1, 0.15) is 5.56 Å². The van der Waals surface area contributed by atoms with E-state index in [1.807, 2.05) is 6.92 Å². The normalized spacial score (nSPS) is 10.2. The summed E-state index contributed by atoms with van der Waals surface area (Å²) >= 11 is 0. The number of aryl methyl sites for hydroxylation is 1. The van der Waals surface area contributed by atoms with Crippen LogP contribution in [0.25, 0.3) is 0 Å². The molecule has 0 radical (unpaired) electrons. The summed E-state index contributed by atoms with van der Waals surface area (Å²) in [6.07, 6.45) is 1.50. The quantitative estimate of drug-likeness (QED) is 0.638. The number of carbonyl (C=O) groups is 2. The molecule has 2 amide bonds. The van der Waals surface area contributed by atoms with Crippen molar-refractivity contribution in [1.29, 1.82) is 0 Å². The Hall–Kier alpha value is -3.23. The number of nitrogens with one attached hydrogen (secondary N) is 2. The predicted molar refractivity (Wildman–Crippen MR) is 82.3 cm³/mol. The third kappa shape index (κ3) is 3.34. The maximum absolute atomic E-state index is 12.3. The van der Waals surface area contributed by atoms with E-state index in [1.54, 1.807) is 0 Å². The number of rotatable bonds is 5. The van der Waals surface area contributed by atoms with Crippen LogP contribution in [0.3, 0.4) is 0 Å². The van der Waals surface area contributed by atoms with Crippen molar-refractivity contribution in [3.63, 3.8) is 0 Å². The number of amides is 2. The van der Waals surface area contributed by atoms with Crippen LogP contribution in [0.2, 0.25) is 0 Å². The molecule has 0 saturated carbocycles. The largest absolute Gasteiger partial charge is 0.354 e. The molecule has 0 aliphatic rings. The minimum absolute atomic E-state index is 0.0429. The number of anilines is 1. The number of nitro benzene ring substituents is 1. The topological polar surface area (TPSA) is 119 Å². The average molecular weight is 317 g/mol. The molecule has 120 valence electrons. The van der Waals surface area contributed by atoms with E-state index in [1.165, 1.54) is 42.2 Å². The van der Waals surface area contributed by atoms with Gasteiger partial charge in [-0.3, -0.25) is 24.4 Å². The summed E-state index contributed by atoms with van der Waals surface area (Å²) in [6, 6.07) is 5.58. The van der Waals surface area contributed by atoms with Gasteiger partial charge in [-0.1, -0.05) is 12.1 Å². The average Bonchev–Trinajstić information content (AvgIpc) is 2.97. The first-order valence-electron chi connectivity index (χ1n) is 6.82. The van der Waals surface area contributed by atoms with Gasteiger partial charge in [0.15, 0.2) is 5.69 Å². The van der Waals surface area contributed by atoms with Crippen molar-refractivity contribution in [3.8, 4) is 0 Å². The SMILES string of the molecule is CCn1cc(NC(=O)c2ccccc2[N+](=O)[O-])c(C(=O)NC)n1. The molecule has 9 nitrogen and oxygen atoms in total. The predicted octanol–water partition coefficient (Wildman–Crippen LogP) is 1.42. The lowest BCUT2D eigenvalue weighted by Crippen LogP contribution is -2.22. The van der Waals surface area contributed by atoms with Crippen molar-refractivity contribution >= 4 is 23.2 Å². The van der Waals surface area contributed by atoms with E-state index in [0.717, 1.165) is 0 Å². The molecule has 0 spiro atoms. The van der Waals surface area contributed by atoms with Crippen molar-refractivity contribution < 1.29 is 14.5 Å². The summed E-state index contributed by atoms with van der Waals surface area (Å²) < 4.78 is 1.49. The molecular weight excluding hydrogens is 302 g/mol. The van der Waals surface area contributed by atoms with E-state index in [9.17, 15) is 19.7 Å². The number of nitro groups is 1. The number of aromatic nitrogens is 2. The first-order valence-corrected chi connectivity index (χ1v) is 6.82. The molecule has 1 aromatic heterocycles. The summed E-state index contributed by atoms with van der Waals surface area (Å²) in [4.78, 5) is 34.5. The molecule has 23 heavy (non-hydrogen) atoms. The highest BCUT2D eigenvalue weighted by atomic mass is 16.6. The van der Waals surface area contributed by atoms with Gasteiger partial charge < -0.3 is 10.6 Å². The first-order chi connectivity index (χ1) is 11.0. The third-order valence-electron chi connectivity index (χ3n) is 3.12. The van der Waals surface area contributed by atoms with Gasteiger partial charge in [0.05, 0.1) is 10.6 Å². The smallest absolute Gasteiger partial charge is 0.282 e. The summed E-state index contributed by atoms with van der Waals surface area (Å²) in [5.41, 5.74) is -0.172. The number of para-hydroxylation sites is 1. The van der Waals surface area contributed by atoms with Gasteiger partial charge >= 0.3 is 0 Å². The second-order valence-corrected chi connectivity index (χ2v) is 4.55. The summed E-state index contributed by atoms with van der Waals surface area (Å²) in [5, 5.41) is 20.0. The molecule has 0 aliphatic carbocycles. The van der Waals surface area contributed by atoms with E-state index < -0.39 is 16.7 Å². The molecule has 0 atom stereocenters. The van der Waals surface area contributed by atoms with Crippen LogP contribution in [0.4, 0.5) is 11.4 Å². The minimum Gasteiger partial charge on any atom is -0.354 e. The molecule has 0 fully saturated rings. The number of benzene rings is 1. The molecule has 1 heterocycles. The number of nitrogens with zero attached hydrogens (tertiary/aromatic N) is 3. The first kappa shape index (κ1) is 16.1. The van der Waals surface area contributed by atoms with Crippen molar-refractivity contribution in [2.45, 2.75) is 13.5 Å². The van der Waals surface area contributed by atoms with Crippen molar-refractivity contribution in [2.75, 3.05) is 12.4 Å². The van der Waals surface area contributed by atoms with Gasteiger partial charge in [0.2, 0.25) is 0 Å². The second kappa shape index (κ2) is 6.69. The highest BCUT2D eigenvalue weighted by Crippen LogP contribution is 2.21. The Labute approximate surface area is 131 Å². The van der Waals surface area contributed by atoms with Gasteiger partial charge in [0, 0.05) is 25.9 Å². The summed E-state index contributed by atoms with van der Waals surface area (Å²) in [6.45, 7) is 2.33. The summed E-state index contributed by atoms with van der Waals surface area (Å²) in [5.74, 6) is -1.15. The molecule has 9 heteroatoms. The van der Waals surface area contributed by atoms with Crippen LogP contribution in [-0.4, -0.2) is 33.6 Å². The molecule has 1 aromatic carbocycles. The highest BCUT2D eigenvalue weighted by Gasteiger charge is 2.22. The van der Waals surface area contributed by atoms with Gasteiger partial charge in [-0.15, -0.1) is 0 Å². The van der Waals surface area contributed by atoms with Crippen LogP contribution in [0.5, 0.6) is 0 Å². The Balaban J connectivity index is 2.36. The molecule has 2 aromatic rings. The number of hydrogen-bond donors (Lipinski definition) is 2. The molecular formula is C14H15N5O4. The second-order valence-electron chi connectivity index (χ2n) is 4.55. The molecule has 0 bridgehead atoms. The van der Waals surface area contributed by atoms with Crippen molar-refractivity contribution in [3.05, 3.63) is 51.8 Å². The molecule has 2 rings (SSSR count). The fourth-order valence-corrected chi connectivity index (χ4v) is 1.98. The van der Waals surface area contributed by atoms with Crippen LogP contribution in [0.1, 0.15) is 27.8 Å². The molecule has 0 saturated heterocycles. The van der Waals surface area contributed by atoms with E-state index in [2.05, 4.69) is 15.7 Å². The maximum atomic E-state index is 12.3. The molecule has 2 N–H and O–H groups in total. The van der Waals surface area contributed by atoms with Gasteiger partial charge in [-0.05, 0) is 13.0 Å². The van der Waals surface area contributed by atoms with Crippen LogP contribution < -0.4 is 10.6 Å². The zero-order chi connectivity index (χ0) is 17.0.